The summed E-state index contributed by atoms with van der Waals surface area (Å²) in [6.07, 6.45) is 4.91. The Morgan fingerprint density at radius 2 is 2.33 bits per heavy atom. The number of piperidine rings is 1. The van der Waals surface area contributed by atoms with Crippen LogP contribution in [0.25, 0.3) is 0 Å². The van der Waals surface area contributed by atoms with Crippen LogP contribution in [0.2, 0.25) is 0 Å². The van der Waals surface area contributed by atoms with Crippen molar-refractivity contribution in [1.82, 2.24) is 4.90 Å². The lowest BCUT2D eigenvalue weighted by Gasteiger charge is -2.35. The van der Waals surface area contributed by atoms with Crippen molar-refractivity contribution in [3.63, 3.8) is 0 Å². The fourth-order valence-electron chi connectivity index (χ4n) is 1.68. The predicted molar refractivity (Wildman–Crippen MR) is 61.4 cm³/mol. The summed E-state index contributed by atoms with van der Waals surface area (Å²) in [7, 11) is 3.57. The largest absolute Gasteiger partial charge is 0.512 e. The molecule has 1 aliphatic heterocycles. The van der Waals surface area contributed by atoms with E-state index in [1.807, 2.05) is 13.1 Å². The van der Waals surface area contributed by atoms with E-state index in [1.54, 1.807) is 0 Å². The lowest BCUT2D eigenvalue weighted by molar-refractivity contribution is 0.268. The Hall–Kier alpha value is -1.38. The molecule has 0 aliphatic carbocycles. The van der Waals surface area contributed by atoms with E-state index in [1.165, 1.54) is 7.11 Å². The summed E-state index contributed by atoms with van der Waals surface area (Å²) in [5.41, 5.74) is 2.13. The molecule has 0 saturated carbocycles. The Bertz CT molecular complexity index is 305. The number of ether oxygens (including phenoxy) is 1. The van der Waals surface area contributed by atoms with Gasteiger partial charge in [-0.3, -0.25) is 0 Å². The van der Waals surface area contributed by atoms with Crippen molar-refractivity contribution in [3.8, 4) is 0 Å². The molecular formula is C12H19NO2. The molecule has 0 aromatic heterocycles. The summed E-state index contributed by atoms with van der Waals surface area (Å²) in [6, 6.07) is 0.499. The second-order valence-corrected chi connectivity index (χ2v) is 3.87. The van der Waals surface area contributed by atoms with E-state index in [9.17, 15) is 0 Å². The minimum atomic E-state index is 0.451. The summed E-state index contributed by atoms with van der Waals surface area (Å²) in [5.74, 6) is 0.451. The van der Waals surface area contributed by atoms with Crippen LogP contribution in [0, 0.1) is 0 Å². The number of likely N-dealkylation sites (tertiary alicyclic amines) is 1. The summed E-state index contributed by atoms with van der Waals surface area (Å²) in [5, 5.41) is 8.92. The highest BCUT2D eigenvalue weighted by Crippen LogP contribution is 2.28. The third kappa shape index (κ3) is 2.55. The molecule has 0 bridgehead atoms. The van der Waals surface area contributed by atoms with Gasteiger partial charge >= 0.3 is 0 Å². The second kappa shape index (κ2) is 4.91. The van der Waals surface area contributed by atoms with Crippen molar-refractivity contribution >= 4 is 0 Å². The molecule has 0 aromatic rings. The van der Waals surface area contributed by atoms with Crippen LogP contribution in [0.4, 0.5) is 0 Å². The van der Waals surface area contributed by atoms with Gasteiger partial charge in [0.2, 0.25) is 0 Å². The molecule has 1 aliphatic rings. The van der Waals surface area contributed by atoms with Gasteiger partial charge in [0, 0.05) is 24.9 Å². The van der Waals surface area contributed by atoms with Crippen molar-refractivity contribution in [1.29, 1.82) is 0 Å². The highest BCUT2D eigenvalue weighted by molar-refractivity contribution is 5.34. The van der Waals surface area contributed by atoms with Gasteiger partial charge in [-0.2, -0.15) is 0 Å². The molecule has 15 heavy (non-hydrogen) atoms. The molecule has 1 saturated heterocycles. The summed E-state index contributed by atoms with van der Waals surface area (Å²) in [4.78, 5) is 2.16. The van der Waals surface area contributed by atoms with Gasteiger partial charge in [0.25, 0.3) is 0 Å². The minimum Gasteiger partial charge on any atom is -0.512 e. The molecule has 0 radical (unpaired) electrons. The molecule has 1 heterocycles. The van der Waals surface area contributed by atoms with E-state index in [4.69, 9.17) is 9.84 Å². The third-order valence-electron chi connectivity index (χ3n) is 2.91. The van der Waals surface area contributed by atoms with Gasteiger partial charge in [0.05, 0.1) is 7.11 Å². The van der Waals surface area contributed by atoms with Gasteiger partial charge in [-0.25, -0.2) is 0 Å². The topological polar surface area (TPSA) is 32.7 Å². The first kappa shape index (κ1) is 11.7. The van der Waals surface area contributed by atoms with E-state index in [0.717, 1.165) is 30.4 Å². The van der Waals surface area contributed by atoms with Crippen LogP contribution >= 0.6 is 0 Å². The smallest absolute Gasteiger partial charge is 0.155 e. The van der Waals surface area contributed by atoms with Gasteiger partial charge < -0.3 is 14.7 Å². The molecule has 1 rings (SSSR count). The average Bonchev–Trinajstić information content (AvgIpc) is 2.24. The van der Waals surface area contributed by atoms with E-state index in [2.05, 4.69) is 18.4 Å². The Balaban J connectivity index is 2.94. The fourth-order valence-corrected chi connectivity index (χ4v) is 1.68. The molecule has 3 heteroatoms. The van der Waals surface area contributed by atoms with Crippen LogP contribution in [-0.4, -0.2) is 30.2 Å². The Kier molecular flexibility index (Phi) is 3.83. The first-order chi connectivity index (χ1) is 7.10. The molecule has 3 nitrogen and oxygen atoms in total. The molecule has 1 N–H and O–H groups in total. The highest BCUT2D eigenvalue weighted by Gasteiger charge is 2.21. The molecule has 0 aromatic carbocycles. The summed E-state index contributed by atoms with van der Waals surface area (Å²) < 4.78 is 5.00. The zero-order chi connectivity index (χ0) is 11.4. The maximum Gasteiger partial charge on any atom is 0.155 e. The number of nitrogens with zero attached hydrogens (tertiary/aromatic N) is 1. The van der Waals surface area contributed by atoms with E-state index < -0.39 is 0 Å². The maximum absolute atomic E-state index is 8.92. The number of aliphatic hydroxyl groups excluding tert-OH is 1. The number of aliphatic hydroxyl groups is 1. The number of hydrogen-bond acceptors (Lipinski definition) is 3. The lowest BCUT2D eigenvalue weighted by Crippen LogP contribution is -2.33. The number of hydrogen-bond donors (Lipinski definition) is 1. The summed E-state index contributed by atoms with van der Waals surface area (Å²) in [6.45, 7) is 6.20. The molecule has 1 fully saturated rings. The number of methoxy groups -OCH3 is 1. The van der Waals surface area contributed by atoms with Crippen molar-refractivity contribution in [2.45, 2.75) is 25.8 Å². The number of rotatable bonds is 2. The molecule has 0 amide bonds. The molecule has 1 unspecified atom stereocenters. The monoisotopic (exact) mass is 209 g/mol. The highest BCUT2D eigenvalue weighted by atomic mass is 16.5. The van der Waals surface area contributed by atoms with Gasteiger partial charge in [0.15, 0.2) is 5.76 Å². The first-order valence-electron chi connectivity index (χ1n) is 5.11. The fraction of sp³-hybridized carbons (Fsp3) is 0.500. The number of likely N-dealkylation sites (N-methyl/N-ethyl adjacent to an activating group) is 1. The summed E-state index contributed by atoms with van der Waals surface area (Å²) >= 11 is 0. The first-order valence-corrected chi connectivity index (χ1v) is 5.11. The van der Waals surface area contributed by atoms with Crippen LogP contribution in [0.5, 0.6) is 0 Å². The quantitative estimate of drug-likeness (QED) is 0.709. The van der Waals surface area contributed by atoms with Crippen molar-refractivity contribution in [2.24, 2.45) is 0 Å². The molecular weight excluding hydrogens is 190 g/mol. The maximum atomic E-state index is 8.92. The van der Waals surface area contributed by atoms with Crippen LogP contribution in [-0.2, 0) is 4.74 Å². The standard InChI is InChI=1S/C12H19NO2/c1-9-5-6-10(2)13(3)12(9)7-11(8-14)15-4/h7-8,10,14H,1,5-6H2,2-4H3/b11-8-,12-7+. The van der Waals surface area contributed by atoms with Gasteiger partial charge in [-0.05, 0) is 25.3 Å². The Morgan fingerprint density at radius 1 is 1.67 bits per heavy atom. The Labute approximate surface area is 91.3 Å². The van der Waals surface area contributed by atoms with Gasteiger partial charge in [-0.15, -0.1) is 0 Å². The molecule has 84 valence electrons. The zero-order valence-electron chi connectivity index (χ0n) is 9.66. The van der Waals surface area contributed by atoms with Crippen molar-refractivity contribution in [2.75, 3.05) is 14.2 Å². The predicted octanol–water partition coefficient (Wildman–Crippen LogP) is 2.59. The van der Waals surface area contributed by atoms with Crippen LogP contribution < -0.4 is 0 Å². The van der Waals surface area contributed by atoms with E-state index in [-0.39, 0.29) is 0 Å². The second-order valence-electron chi connectivity index (χ2n) is 3.87. The van der Waals surface area contributed by atoms with E-state index >= 15 is 0 Å². The van der Waals surface area contributed by atoms with E-state index in [0.29, 0.717) is 11.8 Å². The van der Waals surface area contributed by atoms with Crippen LogP contribution in [0.1, 0.15) is 19.8 Å². The molecule has 0 spiro atoms. The van der Waals surface area contributed by atoms with Crippen LogP contribution in [0.15, 0.2) is 35.9 Å². The van der Waals surface area contributed by atoms with Crippen molar-refractivity contribution < 1.29 is 9.84 Å². The normalized spacial score (nSPS) is 25.9. The van der Waals surface area contributed by atoms with Crippen LogP contribution in [0.3, 0.4) is 0 Å². The SMILES string of the molecule is C=C1CCC(C)N(C)/C1=C/C(=C/O)OC. The Morgan fingerprint density at radius 3 is 2.87 bits per heavy atom. The average molecular weight is 209 g/mol. The molecule has 1 atom stereocenters. The number of allylic oxidation sites excluding steroid dienone is 2. The van der Waals surface area contributed by atoms with Gasteiger partial charge in [0.1, 0.15) is 6.26 Å². The van der Waals surface area contributed by atoms with Crippen molar-refractivity contribution in [3.05, 3.63) is 35.9 Å². The third-order valence-corrected chi connectivity index (χ3v) is 2.91. The lowest BCUT2D eigenvalue weighted by atomic mass is 9.97. The minimum absolute atomic E-state index is 0.451. The zero-order valence-corrected chi connectivity index (χ0v) is 9.66. The van der Waals surface area contributed by atoms with Gasteiger partial charge in [-0.1, -0.05) is 6.58 Å².